The maximum atomic E-state index is 11.2. The third-order valence-corrected chi connectivity index (χ3v) is 2.12. The van der Waals surface area contributed by atoms with Gasteiger partial charge in [-0.2, -0.15) is 5.10 Å². The van der Waals surface area contributed by atoms with Crippen molar-refractivity contribution in [2.75, 3.05) is 18.9 Å². The van der Waals surface area contributed by atoms with Crippen molar-refractivity contribution in [3.8, 4) is 0 Å². The Balaban J connectivity index is 2.31. The third-order valence-electron chi connectivity index (χ3n) is 2.12. The zero-order valence-electron chi connectivity index (χ0n) is 7.50. The molecule has 1 aliphatic heterocycles. The van der Waals surface area contributed by atoms with Gasteiger partial charge in [-0.1, -0.05) is 0 Å². The first kappa shape index (κ1) is 8.10. The van der Waals surface area contributed by atoms with Crippen molar-refractivity contribution in [1.29, 1.82) is 0 Å². The Morgan fingerprint density at radius 3 is 3.31 bits per heavy atom. The highest BCUT2D eigenvalue weighted by molar-refractivity contribution is 5.76. The van der Waals surface area contributed by atoms with E-state index in [4.69, 9.17) is 0 Å². The van der Waals surface area contributed by atoms with Crippen molar-refractivity contribution >= 4 is 11.7 Å². The minimum absolute atomic E-state index is 0.0319. The summed E-state index contributed by atoms with van der Waals surface area (Å²) >= 11 is 0. The first-order chi connectivity index (χ1) is 6.29. The van der Waals surface area contributed by atoms with Gasteiger partial charge in [0.25, 0.3) is 0 Å². The van der Waals surface area contributed by atoms with Crippen LogP contribution in [0.25, 0.3) is 0 Å². The average Bonchev–Trinajstić information content (AvgIpc) is 2.41. The molecule has 0 saturated carbocycles. The summed E-state index contributed by atoms with van der Waals surface area (Å²) in [5.74, 6) is 0.856. The molecule has 0 aromatic carbocycles. The highest BCUT2D eigenvalue weighted by atomic mass is 16.2. The molecule has 5 nitrogen and oxygen atoms in total. The molecule has 0 fully saturated rings. The number of hydrogen-bond donors (Lipinski definition) is 2. The van der Waals surface area contributed by atoms with Gasteiger partial charge < -0.3 is 10.6 Å². The summed E-state index contributed by atoms with van der Waals surface area (Å²) < 4.78 is 1.74. The molecule has 1 aromatic rings. The Kier molecular flexibility index (Phi) is 1.92. The van der Waals surface area contributed by atoms with E-state index in [0.717, 1.165) is 17.9 Å². The summed E-state index contributed by atoms with van der Waals surface area (Å²) in [6, 6.07) is 1.97. The maximum Gasteiger partial charge on any atom is 0.241 e. The van der Waals surface area contributed by atoms with E-state index < -0.39 is 0 Å². The molecule has 0 radical (unpaired) electrons. The Hall–Kier alpha value is -1.52. The summed E-state index contributed by atoms with van der Waals surface area (Å²) in [6.45, 7) is 1.03. The lowest BCUT2D eigenvalue weighted by atomic mass is 10.3. The van der Waals surface area contributed by atoms with Gasteiger partial charge in [0.2, 0.25) is 5.91 Å². The fourth-order valence-corrected chi connectivity index (χ4v) is 1.44. The fourth-order valence-electron chi connectivity index (χ4n) is 1.44. The van der Waals surface area contributed by atoms with Crippen molar-refractivity contribution in [3.05, 3.63) is 11.8 Å². The van der Waals surface area contributed by atoms with Crippen LogP contribution in [-0.4, -0.2) is 29.3 Å². The van der Waals surface area contributed by atoms with E-state index in [2.05, 4.69) is 15.7 Å². The highest BCUT2D eigenvalue weighted by Gasteiger charge is 2.14. The smallest absolute Gasteiger partial charge is 0.241 e. The largest absolute Gasteiger partial charge is 0.372 e. The van der Waals surface area contributed by atoms with Gasteiger partial charge in [-0.15, -0.1) is 0 Å². The number of nitrogens with zero attached hydrogens (tertiary/aromatic N) is 2. The molecule has 0 bridgehead atoms. The first-order valence-corrected chi connectivity index (χ1v) is 4.31. The van der Waals surface area contributed by atoms with Crippen LogP contribution in [0.4, 0.5) is 5.82 Å². The number of carbonyl (C=O) groups is 1. The average molecular weight is 180 g/mol. The van der Waals surface area contributed by atoms with Gasteiger partial charge in [-0.05, 0) is 0 Å². The minimum Gasteiger partial charge on any atom is -0.372 e. The number of fused-ring (bicyclic) bond motifs is 1. The summed E-state index contributed by atoms with van der Waals surface area (Å²) in [4.78, 5) is 11.2. The zero-order valence-corrected chi connectivity index (χ0v) is 7.50. The number of hydrogen-bond acceptors (Lipinski definition) is 3. The van der Waals surface area contributed by atoms with Gasteiger partial charge >= 0.3 is 0 Å². The van der Waals surface area contributed by atoms with Gasteiger partial charge in [0.1, 0.15) is 12.4 Å². The minimum atomic E-state index is 0.0319. The number of anilines is 1. The fraction of sp³-hybridized carbons (Fsp3) is 0.500. The van der Waals surface area contributed by atoms with Crippen LogP contribution in [0.1, 0.15) is 5.69 Å². The first-order valence-electron chi connectivity index (χ1n) is 4.31. The molecule has 1 aliphatic rings. The van der Waals surface area contributed by atoms with E-state index >= 15 is 0 Å². The van der Waals surface area contributed by atoms with Crippen LogP contribution in [0, 0.1) is 0 Å². The van der Waals surface area contributed by atoms with Crippen LogP contribution in [0.3, 0.4) is 0 Å². The molecule has 2 N–H and O–H groups in total. The molecule has 0 atom stereocenters. The van der Waals surface area contributed by atoms with E-state index in [9.17, 15) is 4.79 Å². The number of aromatic nitrogens is 2. The van der Waals surface area contributed by atoms with Crippen molar-refractivity contribution in [2.45, 2.75) is 13.0 Å². The second-order valence-corrected chi connectivity index (χ2v) is 3.03. The van der Waals surface area contributed by atoms with Crippen molar-refractivity contribution in [1.82, 2.24) is 15.1 Å². The number of amides is 1. The number of rotatable bonds is 1. The molecule has 0 spiro atoms. The van der Waals surface area contributed by atoms with Crippen molar-refractivity contribution < 1.29 is 4.79 Å². The van der Waals surface area contributed by atoms with Gasteiger partial charge in [-0.3, -0.25) is 9.48 Å². The zero-order chi connectivity index (χ0) is 9.26. The lowest BCUT2D eigenvalue weighted by Gasteiger charge is -1.98. The molecular weight excluding hydrogens is 168 g/mol. The normalized spacial score (nSPS) is 15.9. The van der Waals surface area contributed by atoms with E-state index in [-0.39, 0.29) is 5.91 Å². The van der Waals surface area contributed by atoms with Gasteiger partial charge in [0.05, 0.1) is 0 Å². The van der Waals surface area contributed by atoms with Crippen LogP contribution in [0.15, 0.2) is 6.07 Å². The molecule has 13 heavy (non-hydrogen) atoms. The number of carbonyl (C=O) groups excluding carboxylic acids is 1. The van der Waals surface area contributed by atoms with Gasteiger partial charge in [0.15, 0.2) is 0 Å². The highest BCUT2D eigenvalue weighted by Crippen LogP contribution is 2.10. The van der Waals surface area contributed by atoms with E-state index in [1.807, 2.05) is 13.1 Å². The molecule has 0 unspecified atom stereocenters. The standard InChI is InChI=1S/C8H12N4O/c1-9-7-4-6-2-3-10-8(13)5-12(6)11-7/h4H,2-3,5H2,1H3,(H,9,11)(H,10,13). The third kappa shape index (κ3) is 1.49. The van der Waals surface area contributed by atoms with Crippen molar-refractivity contribution in [3.63, 3.8) is 0 Å². The Morgan fingerprint density at radius 1 is 1.69 bits per heavy atom. The van der Waals surface area contributed by atoms with Crippen LogP contribution >= 0.6 is 0 Å². The summed E-state index contributed by atoms with van der Waals surface area (Å²) in [5.41, 5.74) is 1.10. The van der Waals surface area contributed by atoms with Crippen LogP contribution in [-0.2, 0) is 17.8 Å². The predicted octanol–water partition coefficient (Wildman–Crippen LogP) is -0.403. The summed E-state index contributed by atoms with van der Waals surface area (Å²) in [7, 11) is 1.82. The molecule has 0 saturated heterocycles. The maximum absolute atomic E-state index is 11.2. The topological polar surface area (TPSA) is 59.0 Å². The van der Waals surface area contributed by atoms with Gasteiger partial charge in [0, 0.05) is 31.8 Å². The predicted molar refractivity (Wildman–Crippen MR) is 48.5 cm³/mol. The number of nitrogens with one attached hydrogen (secondary N) is 2. The second-order valence-electron chi connectivity index (χ2n) is 3.03. The SMILES string of the molecule is CNc1cc2n(n1)CC(=O)NCC2. The molecule has 5 heteroatoms. The van der Waals surface area contributed by atoms with Crippen LogP contribution < -0.4 is 10.6 Å². The Labute approximate surface area is 76.1 Å². The summed E-state index contributed by atoms with van der Waals surface area (Å²) in [5, 5.41) is 9.98. The van der Waals surface area contributed by atoms with Crippen LogP contribution in [0.2, 0.25) is 0 Å². The molecule has 1 aromatic heterocycles. The quantitative estimate of drug-likeness (QED) is 0.618. The Bertz CT molecular complexity index is 331. The molecule has 70 valence electrons. The Morgan fingerprint density at radius 2 is 2.54 bits per heavy atom. The molecule has 2 heterocycles. The van der Waals surface area contributed by atoms with Crippen molar-refractivity contribution in [2.24, 2.45) is 0 Å². The summed E-state index contributed by atoms with van der Waals surface area (Å²) in [6.07, 6.45) is 0.848. The molecular formula is C8H12N4O. The molecule has 1 amide bonds. The van der Waals surface area contributed by atoms with E-state index in [1.54, 1.807) is 4.68 Å². The second kappa shape index (κ2) is 3.08. The van der Waals surface area contributed by atoms with E-state index in [0.29, 0.717) is 13.1 Å². The van der Waals surface area contributed by atoms with Gasteiger partial charge in [-0.25, -0.2) is 0 Å². The van der Waals surface area contributed by atoms with Crippen LogP contribution in [0.5, 0.6) is 0 Å². The molecule has 0 aliphatic carbocycles. The monoisotopic (exact) mass is 180 g/mol. The molecule has 2 rings (SSSR count). The lowest BCUT2D eigenvalue weighted by Crippen LogP contribution is -2.25. The van der Waals surface area contributed by atoms with E-state index in [1.165, 1.54) is 0 Å². The lowest BCUT2D eigenvalue weighted by molar-refractivity contribution is -0.121.